The van der Waals surface area contributed by atoms with E-state index in [0.717, 1.165) is 15.6 Å². The highest BCUT2D eigenvalue weighted by atomic mass is 79.9. The zero-order chi connectivity index (χ0) is 22.7. The van der Waals surface area contributed by atoms with E-state index >= 15 is 0 Å². The Labute approximate surface area is 194 Å². The number of nitrogens with one attached hydrogen (secondary N) is 1. The van der Waals surface area contributed by atoms with Gasteiger partial charge in [0.25, 0.3) is 0 Å². The summed E-state index contributed by atoms with van der Waals surface area (Å²) in [6.07, 6.45) is 0.402. The number of imide groups is 1. The van der Waals surface area contributed by atoms with Gasteiger partial charge in [-0.1, -0.05) is 58.4 Å². The van der Waals surface area contributed by atoms with Gasteiger partial charge >= 0.3 is 12.2 Å². The molecule has 8 heteroatoms. The van der Waals surface area contributed by atoms with Crippen LogP contribution in [0.1, 0.15) is 36.3 Å². The second-order valence-corrected chi connectivity index (χ2v) is 9.27. The van der Waals surface area contributed by atoms with Crippen LogP contribution < -0.4 is 5.32 Å². The summed E-state index contributed by atoms with van der Waals surface area (Å²) in [5, 5.41) is 11.7. The van der Waals surface area contributed by atoms with Crippen LogP contribution in [-0.2, 0) is 16.0 Å². The van der Waals surface area contributed by atoms with E-state index in [1.807, 2.05) is 54.6 Å². The molecule has 0 unspecified atom stereocenters. The van der Waals surface area contributed by atoms with Crippen LogP contribution in [0.15, 0.2) is 59.1 Å². The summed E-state index contributed by atoms with van der Waals surface area (Å²) >= 11 is 3.43. The largest absolute Gasteiger partial charge is 0.465 e. The molecule has 3 amide bonds. The fraction of sp³-hybridized carbons (Fsp3) is 0.375. The smallest absolute Gasteiger partial charge is 0.416 e. The van der Waals surface area contributed by atoms with E-state index in [2.05, 4.69) is 21.2 Å². The number of benzene rings is 2. The van der Waals surface area contributed by atoms with Gasteiger partial charge < -0.3 is 15.2 Å². The maximum absolute atomic E-state index is 13.7. The molecule has 4 rings (SSSR count). The molecule has 1 heterocycles. The molecule has 1 aliphatic heterocycles. The van der Waals surface area contributed by atoms with Crippen LogP contribution in [0.25, 0.3) is 0 Å². The third-order valence-electron chi connectivity index (χ3n) is 6.31. The summed E-state index contributed by atoms with van der Waals surface area (Å²) in [7, 11) is 0. The minimum atomic E-state index is -1.07. The number of cyclic esters (lactones) is 1. The van der Waals surface area contributed by atoms with Crippen molar-refractivity contribution in [2.45, 2.75) is 43.7 Å². The Morgan fingerprint density at radius 3 is 2.50 bits per heavy atom. The first kappa shape index (κ1) is 22.3. The second kappa shape index (κ2) is 9.73. The molecule has 1 saturated heterocycles. The van der Waals surface area contributed by atoms with Gasteiger partial charge in [0.2, 0.25) is 5.91 Å². The molecule has 168 valence electrons. The number of nitrogens with zero attached hydrogens (tertiary/aromatic N) is 1. The molecule has 0 bridgehead atoms. The zero-order valence-corrected chi connectivity index (χ0v) is 19.0. The number of hydrogen-bond donors (Lipinski definition) is 2. The number of hydrogen-bond acceptors (Lipinski definition) is 4. The fourth-order valence-electron chi connectivity index (χ4n) is 4.80. The van der Waals surface area contributed by atoms with Gasteiger partial charge in [0.05, 0.1) is 6.04 Å². The van der Waals surface area contributed by atoms with E-state index in [-0.39, 0.29) is 30.5 Å². The van der Waals surface area contributed by atoms with E-state index < -0.39 is 18.1 Å². The normalized spacial score (nSPS) is 25.3. The summed E-state index contributed by atoms with van der Waals surface area (Å²) in [5.41, 5.74) is 1.99. The number of carbonyl (C=O) groups is 3. The van der Waals surface area contributed by atoms with E-state index in [1.165, 1.54) is 4.90 Å². The fourth-order valence-corrected chi connectivity index (χ4v) is 5.06. The van der Waals surface area contributed by atoms with Crippen LogP contribution >= 0.6 is 15.9 Å². The van der Waals surface area contributed by atoms with Gasteiger partial charge in [-0.3, -0.25) is 4.79 Å². The predicted octanol–water partition coefficient (Wildman–Crippen LogP) is 4.56. The maximum atomic E-state index is 13.7. The molecule has 7 nitrogen and oxygen atoms in total. The molecule has 0 spiro atoms. The molecule has 0 aromatic heterocycles. The SMILES string of the molecule is O=C(O)N[C@@H]1CC[C@@H](C(=O)N2C(=O)OC[C@H]2Cc2ccccc2)[C@H](c2ccc(Br)cc2)C1. The minimum Gasteiger partial charge on any atom is -0.465 e. The zero-order valence-electron chi connectivity index (χ0n) is 17.4. The van der Waals surface area contributed by atoms with Crippen LogP contribution in [0.4, 0.5) is 9.59 Å². The lowest BCUT2D eigenvalue weighted by molar-refractivity contribution is -0.135. The van der Waals surface area contributed by atoms with Crippen LogP contribution in [0, 0.1) is 5.92 Å². The number of carboxylic acid groups (broad SMARTS) is 1. The molecule has 2 fully saturated rings. The van der Waals surface area contributed by atoms with Crippen molar-refractivity contribution in [3.63, 3.8) is 0 Å². The lowest BCUT2D eigenvalue weighted by Gasteiger charge is -2.37. The molecular weight excluding hydrogens is 476 g/mol. The highest BCUT2D eigenvalue weighted by molar-refractivity contribution is 9.10. The van der Waals surface area contributed by atoms with Crippen LogP contribution in [0.3, 0.4) is 0 Å². The maximum Gasteiger partial charge on any atom is 0.416 e. The summed E-state index contributed by atoms with van der Waals surface area (Å²) in [6, 6.07) is 16.9. The first-order chi connectivity index (χ1) is 15.4. The van der Waals surface area contributed by atoms with Crippen molar-refractivity contribution >= 4 is 34.0 Å². The molecule has 32 heavy (non-hydrogen) atoms. The molecule has 1 aliphatic carbocycles. The van der Waals surface area contributed by atoms with Crippen LogP contribution in [0.5, 0.6) is 0 Å². The van der Waals surface area contributed by atoms with E-state index in [4.69, 9.17) is 9.84 Å². The average molecular weight is 501 g/mol. The van der Waals surface area contributed by atoms with E-state index in [0.29, 0.717) is 25.7 Å². The van der Waals surface area contributed by atoms with Gasteiger partial charge in [0.15, 0.2) is 0 Å². The van der Waals surface area contributed by atoms with Crippen molar-refractivity contribution in [2.24, 2.45) is 5.92 Å². The molecule has 2 aromatic rings. The van der Waals surface area contributed by atoms with Gasteiger partial charge in [0, 0.05) is 16.4 Å². The van der Waals surface area contributed by atoms with Gasteiger partial charge in [-0.15, -0.1) is 0 Å². The molecule has 1 saturated carbocycles. The van der Waals surface area contributed by atoms with E-state index in [1.54, 1.807) is 0 Å². The molecule has 4 atom stereocenters. The Kier molecular flexibility index (Phi) is 6.79. The standard InChI is InChI=1S/C24H25BrN2O5/c25-17-8-6-16(7-9-17)21-13-18(26-23(29)30)10-11-20(21)22(28)27-19(14-32-24(27)31)12-15-4-2-1-3-5-15/h1-9,18-21,26H,10-14H2,(H,29,30)/t18-,19-,20-,21+/m1/s1. The van der Waals surface area contributed by atoms with Crippen molar-refractivity contribution < 1.29 is 24.2 Å². The highest BCUT2D eigenvalue weighted by Crippen LogP contribution is 2.40. The Morgan fingerprint density at radius 1 is 1.09 bits per heavy atom. The number of carbonyl (C=O) groups excluding carboxylic acids is 2. The van der Waals surface area contributed by atoms with Crippen molar-refractivity contribution in [1.82, 2.24) is 10.2 Å². The first-order valence-corrected chi connectivity index (χ1v) is 11.5. The Bertz CT molecular complexity index is 982. The Balaban J connectivity index is 1.58. The molecular formula is C24H25BrN2O5. The molecule has 2 N–H and O–H groups in total. The molecule has 2 aliphatic rings. The van der Waals surface area contributed by atoms with Gasteiger partial charge in [0.1, 0.15) is 6.61 Å². The lowest BCUT2D eigenvalue weighted by atomic mass is 9.72. The summed E-state index contributed by atoms with van der Waals surface area (Å²) in [6.45, 7) is 0.179. The Hall–Kier alpha value is -2.87. The van der Waals surface area contributed by atoms with Crippen molar-refractivity contribution in [1.29, 1.82) is 0 Å². The quantitative estimate of drug-likeness (QED) is 0.627. The van der Waals surface area contributed by atoms with E-state index in [9.17, 15) is 14.4 Å². The number of ether oxygens (including phenoxy) is 1. The average Bonchev–Trinajstić information content (AvgIpc) is 3.14. The first-order valence-electron chi connectivity index (χ1n) is 10.7. The predicted molar refractivity (Wildman–Crippen MR) is 121 cm³/mol. The minimum absolute atomic E-state index is 0.179. The number of halogens is 1. The third-order valence-corrected chi connectivity index (χ3v) is 6.83. The second-order valence-electron chi connectivity index (χ2n) is 8.35. The van der Waals surface area contributed by atoms with Crippen LogP contribution in [0.2, 0.25) is 0 Å². The lowest BCUT2D eigenvalue weighted by Crippen LogP contribution is -2.48. The summed E-state index contributed by atoms with van der Waals surface area (Å²) in [4.78, 5) is 38.7. The number of amides is 3. The van der Waals surface area contributed by atoms with Gasteiger partial charge in [-0.2, -0.15) is 0 Å². The van der Waals surface area contributed by atoms with Crippen molar-refractivity contribution in [3.8, 4) is 0 Å². The summed E-state index contributed by atoms with van der Waals surface area (Å²) < 4.78 is 6.19. The van der Waals surface area contributed by atoms with Crippen molar-refractivity contribution in [2.75, 3.05) is 6.61 Å². The highest BCUT2D eigenvalue weighted by Gasteiger charge is 2.45. The Morgan fingerprint density at radius 2 is 1.81 bits per heavy atom. The summed E-state index contributed by atoms with van der Waals surface area (Å²) in [5.74, 6) is -0.867. The van der Waals surface area contributed by atoms with Gasteiger partial charge in [-0.25, -0.2) is 14.5 Å². The van der Waals surface area contributed by atoms with Crippen LogP contribution in [-0.4, -0.2) is 46.8 Å². The topological polar surface area (TPSA) is 95.9 Å². The molecule has 2 aromatic carbocycles. The van der Waals surface area contributed by atoms with Gasteiger partial charge in [-0.05, 0) is 54.9 Å². The third kappa shape index (κ3) is 4.96. The van der Waals surface area contributed by atoms with Crippen molar-refractivity contribution in [3.05, 3.63) is 70.2 Å². The monoisotopic (exact) mass is 500 g/mol. The molecule has 0 radical (unpaired) electrons. The number of rotatable bonds is 5.